The average Bonchev–Trinajstić information content (AvgIpc) is 2.14. The first-order valence-corrected chi connectivity index (χ1v) is 5.67. The SMILES string of the molecule is CCC(C)(C)Nc1cc(F)c(Br)cc1N. The smallest absolute Gasteiger partial charge is 0.139 e. The third kappa shape index (κ3) is 3.09. The summed E-state index contributed by atoms with van der Waals surface area (Å²) in [5.41, 5.74) is 6.89. The van der Waals surface area contributed by atoms with Crippen LogP contribution in [0, 0.1) is 5.82 Å². The van der Waals surface area contributed by atoms with Crippen molar-refractivity contribution >= 4 is 27.3 Å². The zero-order valence-electron chi connectivity index (χ0n) is 9.20. The van der Waals surface area contributed by atoms with Crippen molar-refractivity contribution in [2.75, 3.05) is 11.1 Å². The Hall–Kier alpha value is -0.770. The van der Waals surface area contributed by atoms with Crippen LogP contribution < -0.4 is 11.1 Å². The zero-order valence-corrected chi connectivity index (χ0v) is 10.8. The Kier molecular flexibility index (Phi) is 3.60. The molecule has 1 rings (SSSR count). The van der Waals surface area contributed by atoms with Crippen LogP contribution in [-0.2, 0) is 0 Å². The first-order chi connectivity index (χ1) is 6.85. The van der Waals surface area contributed by atoms with E-state index in [-0.39, 0.29) is 11.4 Å². The molecule has 0 aromatic heterocycles. The molecule has 0 aliphatic carbocycles. The lowest BCUT2D eigenvalue weighted by molar-refractivity contribution is 0.546. The molecule has 4 heteroatoms. The molecule has 0 aliphatic rings. The summed E-state index contributed by atoms with van der Waals surface area (Å²) < 4.78 is 13.7. The first-order valence-electron chi connectivity index (χ1n) is 4.88. The topological polar surface area (TPSA) is 38.0 Å². The third-order valence-electron chi connectivity index (χ3n) is 2.45. The van der Waals surface area contributed by atoms with E-state index in [1.165, 1.54) is 6.07 Å². The van der Waals surface area contributed by atoms with E-state index in [9.17, 15) is 4.39 Å². The summed E-state index contributed by atoms with van der Waals surface area (Å²) in [7, 11) is 0. The van der Waals surface area contributed by atoms with E-state index in [2.05, 4.69) is 28.2 Å². The number of nitrogen functional groups attached to an aromatic ring is 1. The number of hydrogen-bond acceptors (Lipinski definition) is 2. The van der Waals surface area contributed by atoms with Crippen molar-refractivity contribution in [1.29, 1.82) is 0 Å². The molecule has 0 heterocycles. The molecule has 0 saturated carbocycles. The predicted molar refractivity (Wildman–Crippen MR) is 66.5 cm³/mol. The van der Waals surface area contributed by atoms with Gasteiger partial charge in [-0.15, -0.1) is 0 Å². The van der Waals surface area contributed by atoms with Gasteiger partial charge in [0.05, 0.1) is 15.8 Å². The van der Waals surface area contributed by atoms with E-state index in [0.717, 1.165) is 6.42 Å². The Morgan fingerprint density at radius 2 is 2.07 bits per heavy atom. The lowest BCUT2D eigenvalue weighted by Crippen LogP contribution is -2.30. The summed E-state index contributed by atoms with van der Waals surface area (Å²) in [5, 5.41) is 3.22. The lowest BCUT2D eigenvalue weighted by Gasteiger charge is -2.26. The van der Waals surface area contributed by atoms with E-state index < -0.39 is 0 Å². The summed E-state index contributed by atoms with van der Waals surface area (Å²) in [6, 6.07) is 2.99. The number of nitrogens with one attached hydrogen (secondary N) is 1. The van der Waals surface area contributed by atoms with Crippen molar-refractivity contribution in [3.05, 3.63) is 22.4 Å². The molecular weight excluding hydrogens is 259 g/mol. The van der Waals surface area contributed by atoms with Crippen LogP contribution in [0.25, 0.3) is 0 Å². The average molecular weight is 275 g/mol. The number of nitrogens with two attached hydrogens (primary N) is 1. The van der Waals surface area contributed by atoms with Crippen LogP contribution in [0.5, 0.6) is 0 Å². The van der Waals surface area contributed by atoms with Gasteiger partial charge in [-0.2, -0.15) is 0 Å². The minimum Gasteiger partial charge on any atom is -0.397 e. The Balaban J connectivity index is 3.01. The molecule has 0 atom stereocenters. The molecule has 0 saturated heterocycles. The minimum atomic E-state index is -0.307. The van der Waals surface area contributed by atoms with Crippen molar-refractivity contribution in [2.24, 2.45) is 0 Å². The van der Waals surface area contributed by atoms with Crippen LogP contribution in [-0.4, -0.2) is 5.54 Å². The van der Waals surface area contributed by atoms with Gasteiger partial charge in [-0.1, -0.05) is 6.92 Å². The van der Waals surface area contributed by atoms with Crippen molar-refractivity contribution in [2.45, 2.75) is 32.7 Å². The molecule has 0 spiro atoms. The fraction of sp³-hybridized carbons (Fsp3) is 0.455. The number of benzene rings is 1. The maximum atomic E-state index is 13.3. The summed E-state index contributed by atoms with van der Waals surface area (Å²) in [4.78, 5) is 0. The number of anilines is 2. The van der Waals surface area contributed by atoms with E-state index >= 15 is 0 Å². The number of halogens is 2. The van der Waals surface area contributed by atoms with Crippen LogP contribution in [0.1, 0.15) is 27.2 Å². The van der Waals surface area contributed by atoms with E-state index in [1.807, 2.05) is 13.8 Å². The Bertz CT molecular complexity index is 364. The van der Waals surface area contributed by atoms with Gasteiger partial charge in [0.25, 0.3) is 0 Å². The second-order valence-electron chi connectivity index (χ2n) is 4.22. The van der Waals surface area contributed by atoms with Crippen molar-refractivity contribution in [3.63, 3.8) is 0 Å². The van der Waals surface area contributed by atoms with Gasteiger partial charge >= 0.3 is 0 Å². The molecule has 0 aliphatic heterocycles. The summed E-state index contributed by atoms with van der Waals surface area (Å²) in [6.45, 7) is 6.16. The second-order valence-corrected chi connectivity index (χ2v) is 5.07. The van der Waals surface area contributed by atoms with Crippen molar-refractivity contribution in [1.82, 2.24) is 0 Å². The predicted octanol–water partition coefficient (Wildman–Crippen LogP) is 3.77. The molecular formula is C11H16BrFN2. The van der Waals surface area contributed by atoms with Crippen LogP contribution in [0.4, 0.5) is 15.8 Å². The molecule has 0 bridgehead atoms. The molecule has 1 aromatic rings. The molecule has 0 unspecified atom stereocenters. The van der Waals surface area contributed by atoms with Gasteiger partial charge in [0, 0.05) is 11.6 Å². The van der Waals surface area contributed by atoms with E-state index in [0.29, 0.717) is 15.8 Å². The highest BCUT2D eigenvalue weighted by molar-refractivity contribution is 9.10. The summed E-state index contributed by atoms with van der Waals surface area (Å²) >= 11 is 3.09. The normalized spacial score (nSPS) is 11.5. The van der Waals surface area contributed by atoms with Crippen molar-refractivity contribution in [3.8, 4) is 0 Å². The maximum absolute atomic E-state index is 13.3. The van der Waals surface area contributed by atoms with Gasteiger partial charge in [0.2, 0.25) is 0 Å². The quantitative estimate of drug-likeness (QED) is 0.824. The van der Waals surface area contributed by atoms with E-state index in [1.54, 1.807) is 6.07 Å². The second kappa shape index (κ2) is 4.39. The van der Waals surface area contributed by atoms with Crippen LogP contribution in [0.15, 0.2) is 16.6 Å². The van der Waals surface area contributed by atoms with Gasteiger partial charge in [0.15, 0.2) is 0 Å². The maximum Gasteiger partial charge on any atom is 0.139 e. The highest BCUT2D eigenvalue weighted by atomic mass is 79.9. The van der Waals surface area contributed by atoms with Crippen LogP contribution >= 0.6 is 15.9 Å². The molecule has 0 radical (unpaired) electrons. The van der Waals surface area contributed by atoms with E-state index in [4.69, 9.17) is 5.73 Å². The number of rotatable bonds is 3. The highest BCUT2D eigenvalue weighted by Gasteiger charge is 2.16. The molecule has 0 fully saturated rings. The van der Waals surface area contributed by atoms with Crippen LogP contribution in [0.3, 0.4) is 0 Å². The Labute approximate surface area is 98.2 Å². The van der Waals surface area contributed by atoms with Crippen molar-refractivity contribution < 1.29 is 4.39 Å². The molecule has 84 valence electrons. The number of hydrogen-bond donors (Lipinski definition) is 2. The fourth-order valence-electron chi connectivity index (χ4n) is 1.12. The minimum absolute atomic E-state index is 0.0889. The Morgan fingerprint density at radius 3 is 2.60 bits per heavy atom. The fourth-order valence-corrected chi connectivity index (χ4v) is 1.48. The van der Waals surface area contributed by atoms with Gasteiger partial charge in [-0.3, -0.25) is 0 Å². The third-order valence-corrected chi connectivity index (χ3v) is 3.06. The molecule has 3 N–H and O–H groups in total. The highest BCUT2D eigenvalue weighted by Crippen LogP contribution is 2.29. The molecule has 15 heavy (non-hydrogen) atoms. The van der Waals surface area contributed by atoms with Gasteiger partial charge in [-0.25, -0.2) is 4.39 Å². The van der Waals surface area contributed by atoms with Crippen LogP contribution in [0.2, 0.25) is 0 Å². The molecule has 0 amide bonds. The monoisotopic (exact) mass is 274 g/mol. The van der Waals surface area contributed by atoms with Gasteiger partial charge in [-0.05, 0) is 42.3 Å². The van der Waals surface area contributed by atoms with Gasteiger partial charge in [0.1, 0.15) is 5.82 Å². The standard InChI is InChI=1S/C11H16BrFN2/c1-4-11(2,3)15-10-6-8(13)7(12)5-9(10)14/h5-6,15H,4,14H2,1-3H3. The van der Waals surface area contributed by atoms with Gasteiger partial charge < -0.3 is 11.1 Å². The zero-order chi connectivity index (χ0) is 11.6. The summed E-state index contributed by atoms with van der Waals surface area (Å²) in [5.74, 6) is -0.307. The summed E-state index contributed by atoms with van der Waals surface area (Å²) in [6.07, 6.45) is 0.935. The molecule has 1 aromatic carbocycles. The lowest BCUT2D eigenvalue weighted by atomic mass is 10.0. The Morgan fingerprint density at radius 1 is 1.47 bits per heavy atom. The molecule has 2 nitrogen and oxygen atoms in total. The first kappa shape index (κ1) is 12.3. The largest absolute Gasteiger partial charge is 0.397 e.